The number of pyridine rings is 1. The van der Waals surface area contributed by atoms with Crippen LogP contribution in [0.15, 0.2) is 64.3 Å². The van der Waals surface area contributed by atoms with Crippen molar-refractivity contribution < 1.29 is 40.7 Å². The maximum Gasteiger partial charge on any atom is 0.417 e. The molecular formula is C21H18Cl2F3N3O6S. The Morgan fingerprint density at radius 3 is 2.47 bits per heavy atom. The van der Waals surface area contributed by atoms with E-state index < -0.39 is 43.5 Å². The van der Waals surface area contributed by atoms with E-state index in [4.69, 9.17) is 32.8 Å². The molecule has 0 aliphatic heterocycles. The predicted molar refractivity (Wildman–Crippen MR) is 126 cm³/mol. The van der Waals surface area contributed by atoms with Crippen molar-refractivity contribution in [1.82, 2.24) is 4.98 Å². The molecule has 0 bridgehead atoms. The number of nitrogens with one attached hydrogen (secondary N) is 1. The molecule has 1 N–H and O–H groups in total. The van der Waals surface area contributed by atoms with Gasteiger partial charge in [0.25, 0.3) is 21.8 Å². The zero-order chi connectivity index (χ0) is 27.1. The lowest BCUT2D eigenvalue weighted by molar-refractivity contribution is -0.138. The van der Waals surface area contributed by atoms with Gasteiger partial charge in [-0.3, -0.25) is 4.72 Å². The van der Waals surface area contributed by atoms with Gasteiger partial charge in [-0.1, -0.05) is 35.4 Å². The molecule has 0 aliphatic rings. The molecule has 0 saturated carbocycles. The van der Waals surface area contributed by atoms with Crippen molar-refractivity contribution in [3.8, 4) is 5.88 Å². The van der Waals surface area contributed by atoms with Gasteiger partial charge >= 0.3 is 12.1 Å². The van der Waals surface area contributed by atoms with Gasteiger partial charge in [-0.05, 0) is 36.3 Å². The largest absolute Gasteiger partial charge is 0.479 e. The highest BCUT2D eigenvalue weighted by Gasteiger charge is 2.34. The predicted octanol–water partition coefficient (Wildman–Crippen LogP) is 5.22. The van der Waals surface area contributed by atoms with E-state index in [-0.39, 0.29) is 22.2 Å². The van der Waals surface area contributed by atoms with Gasteiger partial charge in [0, 0.05) is 17.8 Å². The van der Waals surface area contributed by atoms with Crippen LogP contribution in [0.1, 0.15) is 12.5 Å². The van der Waals surface area contributed by atoms with E-state index in [0.717, 1.165) is 24.4 Å². The monoisotopic (exact) mass is 567 g/mol. The fourth-order valence-corrected chi connectivity index (χ4v) is 3.85. The molecule has 0 unspecified atom stereocenters. The number of ether oxygens (including phenoxy) is 2. The number of rotatable bonds is 8. The lowest BCUT2D eigenvalue weighted by Gasteiger charge is -2.13. The fraction of sp³-hybridized carbons (Fsp3) is 0.190. The number of hydrogen-bond acceptors (Lipinski definition) is 8. The van der Waals surface area contributed by atoms with Gasteiger partial charge in [0.05, 0.1) is 34.7 Å². The third-order valence-corrected chi connectivity index (χ3v) is 6.04. The van der Waals surface area contributed by atoms with Crippen LogP contribution in [0.5, 0.6) is 5.88 Å². The van der Waals surface area contributed by atoms with Crippen LogP contribution in [0.3, 0.4) is 0 Å². The molecule has 0 aliphatic carbocycles. The van der Waals surface area contributed by atoms with Crippen molar-refractivity contribution in [3.05, 3.63) is 69.9 Å². The number of halogens is 5. The average molecular weight is 568 g/mol. The van der Waals surface area contributed by atoms with Crippen LogP contribution in [0, 0.1) is 0 Å². The number of oxime groups is 1. The number of hydrogen-bond donors (Lipinski definition) is 1. The summed E-state index contributed by atoms with van der Waals surface area (Å²) < 4.78 is 76.6. The normalized spacial score (nSPS) is 13.0. The molecule has 0 amide bonds. The Kier molecular flexibility index (Phi) is 9.73. The summed E-state index contributed by atoms with van der Waals surface area (Å²) in [6.45, 7) is 1.52. The first-order valence-electron chi connectivity index (χ1n) is 9.56. The second-order valence-electron chi connectivity index (χ2n) is 6.68. The molecule has 1 aromatic carbocycles. The van der Waals surface area contributed by atoms with Crippen molar-refractivity contribution in [2.24, 2.45) is 5.16 Å². The van der Waals surface area contributed by atoms with E-state index in [1.54, 1.807) is 0 Å². The van der Waals surface area contributed by atoms with E-state index in [2.05, 4.69) is 19.6 Å². The lowest BCUT2D eigenvalue weighted by Crippen LogP contribution is -2.16. The van der Waals surface area contributed by atoms with Crippen LogP contribution in [-0.2, 0) is 30.5 Å². The highest BCUT2D eigenvalue weighted by Crippen LogP contribution is 2.36. The first kappa shape index (κ1) is 28.9. The van der Waals surface area contributed by atoms with E-state index in [9.17, 15) is 26.4 Å². The number of benzene rings is 1. The van der Waals surface area contributed by atoms with Gasteiger partial charge in [-0.25, -0.2) is 18.2 Å². The Morgan fingerprint density at radius 2 is 1.86 bits per heavy atom. The van der Waals surface area contributed by atoms with Crippen LogP contribution in [0.2, 0.25) is 10.0 Å². The van der Waals surface area contributed by atoms with Crippen LogP contribution < -0.4 is 9.56 Å². The second kappa shape index (κ2) is 12.1. The summed E-state index contributed by atoms with van der Waals surface area (Å²) >= 11 is 11.4. The topological polar surface area (TPSA) is 116 Å². The van der Waals surface area contributed by atoms with Crippen LogP contribution in [0.4, 0.5) is 18.9 Å². The molecule has 194 valence electrons. The summed E-state index contributed by atoms with van der Waals surface area (Å²) in [5.74, 6) is -1.05. The Morgan fingerprint density at radius 1 is 1.17 bits per heavy atom. The van der Waals surface area contributed by atoms with Crippen LogP contribution >= 0.6 is 23.2 Å². The first-order chi connectivity index (χ1) is 16.8. The molecule has 2 aromatic rings. The number of methoxy groups -OCH3 is 2. The van der Waals surface area contributed by atoms with E-state index >= 15 is 0 Å². The van der Waals surface area contributed by atoms with Crippen LogP contribution in [0.25, 0.3) is 0 Å². The number of sulfonamides is 1. The molecule has 0 spiro atoms. The Balaban J connectivity index is 2.34. The summed E-state index contributed by atoms with van der Waals surface area (Å²) in [5.41, 5.74) is -1.36. The van der Waals surface area contributed by atoms with Gasteiger partial charge in [0.15, 0.2) is 0 Å². The minimum atomic E-state index is -4.88. The van der Waals surface area contributed by atoms with E-state index in [1.165, 1.54) is 39.4 Å². The molecule has 2 rings (SSSR count). The van der Waals surface area contributed by atoms with Gasteiger partial charge < -0.3 is 14.3 Å². The maximum absolute atomic E-state index is 13.2. The minimum Gasteiger partial charge on any atom is -0.479 e. The Hall–Kier alpha value is -3.29. The van der Waals surface area contributed by atoms with E-state index in [1.807, 2.05) is 0 Å². The maximum atomic E-state index is 13.2. The van der Waals surface area contributed by atoms with Crippen molar-refractivity contribution in [1.29, 1.82) is 0 Å². The molecule has 0 atom stereocenters. The van der Waals surface area contributed by atoms with Crippen molar-refractivity contribution in [2.45, 2.75) is 18.0 Å². The molecular weight excluding hydrogens is 550 g/mol. The standard InChI is InChI=1S/C21H18Cl2F3N3O6S/c1-12(20(30)34-3)5-4-6-18(33-2)28-35-19-17(9-13(22)11-27-19)29-36(31,32)14-7-8-16(23)15(10-14)21(24,25)26/h4-11,29H,1-3H3/b6-4-,12-5+,28-18-. The number of aromatic nitrogens is 1. The fourth-order valence-electron chi connectivity index (χ4n) is 2.39. The summed E-state index contributed by atoms with van der Waals surface area (Å²) in [6.07, 6.45) is 0.396. The molecule has 1 heterocycles. The van der Waals surface area contributed by atoms with Crippen molar-refractivity contribution in [2.75, 3.05) is 18.9 Å². The molecule has 36 heavy (non-hydrogen) atoms. The minimum absolute atomic E-state index is 0.00796. The van der Waals surface area contributed by atoms with E-state index in [0.29, 0.717) is 6.07 Å². The SMILES string of the molecule is COC(=O)/C(C)=C/C=C\C(=N\Oc1ncc(Cl)cc1NS(=O)(=O)c1ccc(Cl)c(C(F)(F)F)c1)OC. The second-order valence-corrected chi connectivity index (χ2v) is 9.20. The molecule has 1 aromatic heterocycles. The highest BCUT2D eigenvalue weighted by molar-refractivity contribution is 7.92. The summed E-state index contributed by atoms with van der Waals surface area (Å²) in [7, 11) is -2.07. The molecule has 0 fully saturated rings. The summed E-state index contributed by atoms with van der Waals surface area (Å²) in [5, 5.41) is 3.01. The van der Waals surface area contributed by atoms with Crippen LogP contribution in [-0.4, -0.2) is 39.5 Å². The van der Waals surface area contributed by atoms with Gasteiger partial charge in [-0.15, -0.1) is 0 Å². The first-order valence-corrected chi connectivity index (χ1v) is 11.8. The average Bonchev–Trinajstić information content (AvgIpc) is 2.80. The van der Waals surface area contributed by atoms with Crippen molar-refractivity contribution in [3.63, 3.8) is 0 Å². The smallest absolute Gasteiger partial charge is 0.417 e. The molecule has 0 radical (unpaired) electrons. The Labute approximate surface area is 214 Å². The molecule has 0 saturated heterocycles. The number of allylic oxidation sites excluding steroid dienone is 2. The molecule has 15 heteroatoms. The molecule has 9 nitrogen and oxygen atoms in total. The number of nitrogens with zero attached hydrogens (tertiary/aromatic N) is 2. The number of esters is 1. The Bertz CT molecular complexity index is 1330. The van der Waals surface area contributed by atoms with Gasteiger partial charge in [0.2, 0.25) is 0 Å². The van der Waals surface area contributed by atoms with Gasteiger partial charge in [-0.2, -0.15) is 13.2 Å². The summed E-state index contributed by atoms with van der Waals surface area (Å²) in [6, 6.07) is 3.21. The number of anilines is 1. The number of carbonyl (C=O) groups is 1. The zero-order valence-electron chi connectivity index (χ0n) is 18.8. The lowest BCUT2D eigenvalue weighted by atomic mass is 10.2. The summed E-state index contributed by atoms with van der Waals surface area (Å²) in [4.78, 5) is 19.7. The third kappa shape index (κ3) is 7.86. The highest BCUT2D eigenvalue weighted by atomic mass is 35.5. The number of alkyl halides is 3. The number of carbonyl (C=O) groups excluding carboxylic acids is 1. The quantitative estimate of drug-likeness (QED) is 0.116. The van der Waals surface area contributed by atoms with Crippen molar-refractivity contribution >= 4 is 50.8 Å². The third-order valence-electron chi connectivity index (χ3n) is 4.14. The van der Waals surface area contributed by atoms with Gasteiger partial charge in [0.1, 0.15) is 5.69 Å². The zero-order valence-corrected chi connectivity index (χ0v) is 21.1.